The maximum atomic E-state index is 11.5. The summed E-state index contributed by atoms with van der Waals surface area (Å²) in [4.78, 5) is 13.8. The molecule has 0 aliphatic heterocycles. The van der Waals surface area contributed by atoms with E-state index in [9.17, 15) is 4.79 Å². The molecule has 148 valence electrons. The smallest absolute Gasteiger partial charge is 0.234 e. The Bertz CT molecular complexity index is 794. The lowest BCUT2D eigenvalue weighted by Crippen LogP contribution is -2.21. The third-order valence-corrected chi connectivity index (χ3v) is 4.34. The van der Waals surface area contributed by atoms with Crippen molar-refractivity contribution >= 4 is 29.8 Å². The topological polar surface area (TPSA) is 45.1 Å². The molecular formula is C23H29N3O2. The average molecular weight is 380 g/mol. The van der Waals surface area contributed by atoms with E-state index in [1.54, 1.807) is 0 Å². The maximum absolute atomic E-state index is 11.5. The molecule has 0 saturated heterocycles. The molecule has 0 unspecified atom stereocenters. The van der Waals surface area contributed by atoms with Crippen molar-refractivity contribution in [3.05, 3.63) is 65.7 Å². The van der Waals surface area contributed by atoms with Crippen molar-refractivity contribution in [1.29, 1.82) is 0 Å². The molecule has 0 N–H and O–H groups in total. The van der Waals surface area contributed by atoms with Crippen molar-refractivity contribution in [2.24, 2.45) is 5.10 Å². The highest BCUT2D eigenvalue weighted by atomic mass is 16.5. The molecule has 0 fully saturated rings. The molecule has 0 radical (unpaired) electrons. The zero-order chi connectivity index (χ0) is 20.4. The predicted molar refractivity (Wildman–Crippen MR) is 118 cm³/mol. The molecule has 0 saturated carbocycles. The fourth-order valence-corrected chi connectivity index (χ4v) is 2.86. The normalized spacial score (nSPS) is 11.9. The molecule has 0 atom stereocenters. The van der Waals surface area contributed by atoms with Gasteiger partial charge in [0.25, 0.3) is 0 Å². The van der Waals surface area contributed by atoms with Crippen molar-refractivity contribution in [2.75, 3.05) is 29.6 Å². The van der Waals surface area contributed by atoms with Crippen LogP contribution in [-0.2, 0) is 9.53 Å². The van der Waals surface area contributed by atoms with E-state index in [-0.39, 0.29) is 0 Å². The van der Waals surface area contributed by atoms with Crippen molar-refractivity contribution in [1.82, 2.24) is 0 Å². The highest BCUT2D eigenvalue weighted by Gasteiger charge is 2.10. The first kappa shape index (κ1) is 21.2. The Morgan fingerprint density at radius 3 is 2.14 bits per heavy atom. The lowest BCUT2D eigenvalue weighted by molar-refractivity contribution is -0.107. The molecule has 2 aromatic rings. The molecule has 2 rings (SSSR count). The third kappa shape index (κ3) is 5.71. The van der Waals surface area contributed by atoms with Gasteiger partial charge in [-0.05, 0) is 63.6 Å². The second-order valence-electron chi connectivity index (χ2n) is 6.21. The van der Waals surface area contributed by atoms with Gasteiger partial charge in [-0.3, -0.25) is 4.79 Å². The van der Waals surface area contributed by atoms with Gasteiger partial charge < -0.3 is 9.64 Å². The molecule has 5 heteroatoms. The van der Waals surface area contributed by atoms with Gasteiger partial charge in [-0.1, -0.05) is 30.3 Å². The molecule has 5 nitrogen and oxygen atoms in total. The van der Waals surface area contributed by atoms with Gasteiger partial charge in [0.15, 0.2) is 0 Å². The van der Waals surface area contributed by atoms with Crippen LogP contribution in [0.4, 0.5) is 11.4 Å². The first-order chi connectivity index (χ1) is 13.6. The van der Waals surface area contributed by atoms with Crippen LogP contribution in [0.5, 0.6) is 0 Å². The SMILES string of the molecule is CCOC(=N/N(C=O)c1ccccc1)/C(C)=C/c1ccc(N(CC)CC)cc1. The minimum Gasteiger partial charge on any atom is -0.477 e. The van der Waals surface area contributed by atoms with Gasteiger partial charge in [0.1, 0.15) is 0 Å². The molecule has 0 heterocycles. The molecule has 0 bridgehead atoms. The van der Waals surface area contributed by atoms with Gasteiger partial charge in [0.2, 0.25) is 12.3 Å². The molecular weight excluding hydrogens is 350 g/mol. The Balaban J connectivity index is 2.28. The standard InChI is InChI=1S/C23H29N3O2/c1-5-25(6-2)21-15-13-20(14-16-21)17-19(4)23(28-7-3)24-26(18-27)22-11-9-8-10-12-22/h8-18H,5-7H2,1-4H3/b19-17+,24-23+. The largest absolute Gasteiger partial charge is 0.477 e. The highest BCUT2D eigenvalue weighted by molar-refractivity contribution is 5.99. The minimum absolute atomic E-state index is 0.422. The summed E-state index contributed by atoms with van der Waals surface area (Å²) in [5.74, 6) is 0.422. The van der Waals surface area contributed by atoms with Crippen molar-refractivity contribution in [3.63, 3.8) is 0 Å². The third-order valence-electron chi connectivity index (χ3n) is 4.34. The minimum atomic E-state index is 0.422. The van der Waals surface area contributed by atoms with Gasteiger partial charge in [0.05, 0.1) is 12.3 Å². The quantitative estimate of drug-likeness (QED) is 0.268. The Hall–Kier alpha value is -3.08. The number of para-hydroxylation sites is 1. The summed E-state index contributed by atoms with van der Waals surface area (Å²) in [5, 5.41) is 5.69. The van der Waals surface area contributed by atoms with E-state index in [0.717, 1.165) is 24.2 Å². The van der Waals surface area contributed by atoms with E-state index in [4.69, 9.17) is 4.74 Å². The molecule has 28 heavy (non-hydrogen) atoms. The molecule has 0 spiro atoms. The van der Waals surface area contributed by atoms with E-state index in [1.807, 2.05) is 50.3 Å². The average Bonchev–Trinajstić information content (AvgIpc) is 2.73. The lowest BCUT2D eigenvalue weighted by Gasteiger charge is -2.21. The van der Waals surface area contributed by atoms with Gasteiger partial charge in [-0.25, -0.2) is 0 Å². The first-order valence-electron chi connectivity index (χ1n) is 9.67. The van der Waals surface area contributed by atoms with Crippen LogP contribution < -0.4 is 9.91 Å². The van der Waals surface area contributed by atoms with Gasteiger partial charge in [0, 0.05) is 24.4 Å². The number of nitrogens with zero attached hydrogens (tertiary/aromatic N) is 3. The summed E-state index contributed by atoms with van der Waals surface area (Å²) < 4.78 is 5.70. The van der Waals surface area contributed by atoms with Crippen molar-refractivity contribution < 1.29 is 9.53 Å². The number of hydrazone groups is 1. The van der Waals surface area contributed by atoms with Crippen molar-refractivity contribution in [3.8, 4) is 0 Å². The number of rotatable bonds is 9. The van der Waals surface area contributed by atoms with Crippen LogP contribution in [0, 0.1) is 0 Å². The number of amides is 1. The molecule has 0 aliphatic carbocycles. The Labute approximate surface area is 167 Å². The van der Waals surface area contributed by atoms with Gasteiger partial charge in [-0.15, -0.1) is 5.10 Å². The van der Waals surface area contributed by atoms with E-state index in [1.165, 1.54) is 10.7 Å². The van der Waals surface area contributed by atoms with Crippen molar-refractivity contribution in [2.45, 2.75) is 27.7 Å². The zero-order valence-corrected chi connectivity index (χ0v) is 17.1. The first-order valence-corrected chi connectivity index (χ1v) is 9.67. The number of hydrogen-bond donors (Lipinski definition) is 0. The van der Waals surface area contributed by atoms with E-state index >= 15 is 0 Å². The van der Waals surface area contributed by atoms with Crippen LogP contribution in [0.3, 0.4) is 0 Å². The fourth-order valence-electron chi connectivity index (χ4n) is 2.86. The number of benzene rings is 2. The number of anilines is 2. The van der Waals surface area contributed by atoms with Crippen LogP contribution in [0.2, 0.25) is 0 Å². The van der Waals surface area contributed by atoms with Crippen LogP contribution >= 0.6 is 0 Å². The highest BCUT2D eigenvalue weighted by Crippen LogP contribution is 2.18. The Morgan fingerprint density at radius 2 is 1.61 bits per heavy atom. The summed E-state index contributed by atoms with van der Waals surface area (Å²) in [6.45, 7) is 10.6. The Kier molecular flexibility index (Phi) is 8.28. The molecule has 0 aliphatic rings. The second-order valence-corrected chi connectivity index (χ2v) is 6.21. The Morgan fingerprint density at radius 1 is 0.964 bits per heavy atom. The van der Waals surface area contributed by atoms with Gasteiger partial charge in [-0.2, -0.15) is 5.01 Å². The number of hydrogen-bond acceptors (Lipinski definition) is 4. The van der Waals surface area contributed by atoms with Crippen LogP contribution in [0.1, 0.15) is 33.3 Å². The van der Waals surface area contributed by atoms with E-state index in [0.29, 0.717) is 24.6 Å². The predicted octanol–water partition coefficient (Wildman–Crippen LogP) is 4.95. The lowest BCUT2D eigenvalue weighted by atomic mass is 10.1. The van der Waals surface area contributed by atoms with Crippen LogP contribution in [0.15, 0.2) is 65.3 Å². The number of carbonyl (C=O) groups excluding carboxylic acids is 1. The number of carbonyl (C=O) groups is 1. The monoisotopic (exact) mass is 379 g/mol. The maximum Gasteiger partial charge on any atom is 0.234 e. The zero-order valence-electron chi connectivity index (χ0n) is 17.1. The molecule has 0 aromatic heterocycles. The molecule has 2 aromatic carbocycles. The van der Waals surface area contributed by atoms with E-state index in [2.05, 4.69) is 48.1 Å². The van der Waals surface area contributed by atoms with Crippen LogP contribution in [-0.4, -0.2) is 32.0 Å². The summed E-state index contributed by atoms with van der Waals surface area (Å²) in [6, 6.07) is 17.7. The number of ether oxygens (including phenoxy) is 1. The summed E-state index contributed by atoms with van der Waals surface area (Å²) in [5.41, 5.74) is 3.79. The second kappa shape index (κ2) is 10.9. The fraction of sp³-hybridized carbons (Fsp3) is 0.304. The molecule has 1 amide bonds. The van der Waals surface area contributed by atoms with E-state index < -0.39 is 0 Å². The summed E-state index contributed by atoms with van der Waals surface area (Å²) in [7, 11) is 0. The summed E-state index contributed by atoms with van der Waals surface area (Å²) in [6.07, 6.45) is 2.69. The van der Waals surface area contributed by atoms with Gasteiger partial charge >= 0.3 is 0 Å². The van der Waals surface area contributed by atoms with Crippen LogP contribution in [0.25, 0.3) is 6.08 Å². The summed E-state index contributed by atoms with van der Waals surface area (Å²) >= 11 is 0.